The number of hydrogen-bond donors (Lipinski definition) is 0. The van der Waals surface area contributed by atoms with Gasteiger partial charge in [0.15, 0.2) is 12.7 Å². The molecule has 0 fully saturated rings. The Morgan fingerprint density at radius 3 is 1.48 bits per heavy atom. The molecule has 232 valence electrons. The molecule has 0 aliphatic carbocycles. The lowest BCUT2D eigenvalue weighted by Crippen LogP contribution is -2.10. The van der Waals surface area contributed by atoms with E-state index in [0.717, 1.165) is 38.5 Å². The highest BCUT2D eigenvalue weighted by molar-refractivity contribution is 5.66. The van der Waals surface area contributed by atoms with Crippen LogP contribution in [0.15, 0.2) is 12.2 Å². The second kappa shape index (κ2) is 32.4. The van der Waals surface area contributed by atoms with Crippen molar-refractivity contribution in [2.75, 3.05) is 6.61 Å². The van der Waals surface area contributed by atoms with Crippen molar-refractivity contribution >= 4 is 11.9 Å². The fourth-order valence-electron chi connectivity index (χ4n) is 4.41. The predicted molar refractivity (Wildman–Crippen MR) is 175 cm³/mol. The van der Waals surface area contributed by atoms with E-state index >= 15 is 0 Å². The summed E-state index contributed by atoms with van der Waals surface area (Å²) < 4.78 is 9.71. The maximum Gasteiger partial charge on any atom is 0.304 e. The summed E-state index contributed by atoms with van der Waals surface area (Å²) in [6.45, 7) is 2.87. The molecule has 0 bridgehead atoms. The van der Waals surface area contributed by atoms with Gasteiger partial charge in [-0.05, 0) is 55.9 Å². The number of rotatable bonds is 24. The van der Waals surface area contributed by atoms with Crippen molar-refractivity contribution in [3.63, 3.8) is 0 Å². The molecule has 4 heteroatoms. The van der Waals surface area contributed by atoms with Gasteiger partial charge in [-0.3, -0.25) is 9.59 Å². The first-order valence-electron chi connectivity index (χ1n) is 16.4. The van der Waals surface area contributed by atoms with Gasteiger partial charge in [0.1, 0.15) is 0 Å². The zero-order valence-corrected chi connectivity index (χ0v) is 26.7. The Bertz CT molecular complexity index is 935. The van der Waals surface area contributed by atoms with Crippen LogP contribution in [-0.2, 0) is 19.1 Å². The number of ether oxygens (including phenoxy) is 2. The van der Waals surface area contributed by atoms with Crippen LogP contribution in [0, 0.1) is 47.9 Å². The SMILES string of the molecule is C#CC(/C=C/CCCCCCCCCCCCC#CCCCCCCCCCCC#CC#CCOC(C)=O)OC(C)=O. The fourth-order valence-corrected chi connectivity index (χ4v) is 4.41. The highest BCUT2D eigenvalue weighted by Gasteiger charge is 2.02. The van der Waals surface area contributed by atoms with Gasteiger partial charge in [0.2, 0.25) is 0 Å². The first-order chi connectivity index (χ1) is 20.6. The summed E-state index contributed by atoms with van der Waals surface area (Å²) in [5.41, 5.74) is 0. The van der Waals surface area contributed by atoms with E-state index in [-0.39, 0.29) is 18.5 Å². The lowest BCUT2D eigenvalue weighted by atomic mass is 10.0. The van der Waals surface area contributed by atoms with Crippen LogP contribution in [0.5, 0.6) is 0 Å². The zero-order valence-electron chi connectivity index (χ0n) is 26.7. The Kier molecular flexibility index (Phi) is 30.1. The van der Waals surface area contributed by atoms with Crippen LogP contribution < -0.4 is 0 Å². The minimum atomic E-state index is -0.532. The molecule has 0 amide bonds. The lowest BCUT2D eigenvalue weighted by Gasteiger charge is -2.05. The van der Waals surface area contributed by atoms with Crippen LogP contribution in [-0.4, -0.2) is 24.6 Å². The van der Waals surface area contributed by atoms with Crippen LogP contribution >= 0.6 is 0 Å². The van der Waals surface area contributed by atoms with E-state index in [1.54, 1.807) is 6.08 Å². The third-order valence-corrected chi connectivity index (χ3v) is 6.76. The van der Waals surface area contributed by atoms with Crippen molar-refractivity contribution < 1.29 is 19.1 Å². The zero-order chi connectivity index (χ0) is 30.8. The van der Waals surface area contributed by atoms with E-state index in [1.165, 1.54) is 117 Å². The molecule has 42 heavy (non-hydrogen) atoms. The van der Waals surface area contributed by atoms with E-state index in [0.29, 0.717) is 0 Å². The molecule has 0 aliphatic heterocycles. The third-order valence-electron chi connectivity index (χ3n) is 6.76. The van der Waals surface area contributed by atoms with Crippen molar-refractivity contribution in [1.82, 2.24) is 0 Å². The summed E-state index contributed by atoms with van der Waals surface area (Å²) in [6.07, 6.45) is 35.7. The summed E-state index contributed by atoms with van der Waals surface area (Å²) in [5.74, 6) is 19.8. The molecule has 0 saturated heterocycles. The van der Waals surface area contributed by atoms with Crippen molar-refractivity contribution in [3.05, 3.63) is 12.2 Å². The van der Waals surface area contributed by atoms with Gasteiger partial charge in [-0.2, -0.15) is 0 Å². The monoisotopic (exact) mass is 576 g/mol. The number of terminal acetylenes is 1. The van der Waals surface area contributed by atoms with Crippen molar-refractivity contribution in [2.24, 2.45) is 0 Å². The van der Waals surface area contributed by atoms with Crippen LogP contribution in [0.3, 0.4) is 0 Å². The molecule has 4 nitrogen and oxygen atoms in total. The van der Waals surface area contributed by atoms with E-state index < -0.39 is 6.10 Å². The Morgan fingerprint density at radius 2 is 1.02 bits per heavy atom. The molecule has 0 radical (unpaired) electrons. The van der Waals surface area contributed by atoms with E-state index in [4.69, 9.17) is 15.9 Å². The largest absolute Gasteiger partial charge is 0.453 e. The summed E-state index contributed by atoms with van der Waals surface area (Å²) in [6, 6.07) is 0. The molecule has 1 unspecified atom stereocenters. The molecular formula is C38H56O4. The molecule has 1 atom stereocenters. The predicted octanol–water partition coefficient (Wildman–Crippen LogP) is 9.26. The maximum absolute atomic E-state index is 10.9. The third kappa shape index (κ3) is 33.1. The fraction of sp³-hybridized carbons (Fsp3) is 0.684. The van der Waals surface area contributed by atoms with Crippen LogP contribution in [0.2, 0.25) is 0 Å². The quantitative estimate of drug-likeness (QED) is 0.0497. The molecule has 0 aromatic heterocycles. The molecular weight excluding hydrogens is 520 g/mol. The number of allylic oxidation sites excluding steroid dienone is 1. The number of unbranched alkanes of at least 4 members (excludes halogenated alkanes) is 20. The van der Waals surface area contributed by atoms with Crippen LogP contribution in [0.25, 0.3) is 0 Å². The number of esters is 2. The normalized spacial score (nSPS) is 10.8. The minimum Gasteiger partial charge on any atom is -0.453 e. The van der Waals surface area contributed by atoms with Gasteiger partial charge < -0.3 is 9.47 Å². The van der Waals surface area contributed by atoms with E-state index in [9.17, 15) is 9.59 Å². The van der Waals surface area contributed by atoms with Crippen molar-refractivity contribution in [2.45, 2.75) is 161 Å². The minimum absolute atomic E-state index is 0.125. The molecule has 0 aliphatic rings. The number of carbonyl (C=O) groups excluding carboxylic acids is 2. The topological polar surface area (TPSA) is 52.6 Å². The molecule has 0 saturated carbocycles. The summed E-state index contributed by atoms with van der Waals surface area (Å²) in [4.78, 5) is 21.5. The van der Waals surface area contributed by atoms with Gasteiger partial charge in [-0.25, -0.2) is 0 Å². The van der Waals surface area contributed by atoms with Crippen LogP contribution in [0.4, 0.5) is 0 Å². The molecule has 0 rings (SSSR count). The van der Waals surface area contributed by atoms with Crippen LogP contribution in [0.1, 0.15) is 155 Å². The second-order valence-corrected chi connectivity index (χ2v) is 10.8. The highest BCUT2D eigenvalue weighted by atomic mass is 16.5. The Hall–Kier alpha value is -3.08. The smallest absolute Gasteiger partial charge is 0.304 e. The molecule has 0 heterocycles. The summed E-state index contributed by atoms with van der Waals surface area (Å²) in [7, 11) is 0. The van der Waals surface area contributed by atoms with Gasteiger partial charge >= 0.3 is 11.9 Å². The lowest BCUT2D eigenvalue weighted by molar-refractivity contribution is -0.142. The van der Waals surface area contributed by atoms with Crippen molar-refractivity contribution in [3.8, 4) is 47.9 Å². The summed E-state index contributed by atoms with van der Waals surface area (Å²) >= 11 is 0. The average molecular weight is 577 g/mol. The summed E-state index contributed by atoms with van der Waals surface area (Å²) in [5, 5.41) is 0. The Balaban J connectivity index is 3.32. The first kappa shape index (κ1) is 38.9. The Labute approximate surface area is 258 Å². The van der Waals surface area contributed by atoms with Gasteiger partial charge in [0.25, 0.3) is 0 Å². The van der Waals surface area contributed by atoms with Crippen molar-refractivity contribution in [1.29, 1.82) is 0 Å². The first-order valence-corrected chi connectivity index (χ1v) is 16.4. The van der Waals surface area contributed by atoms with Gasteiger partial charge in [-0.15, -0.1) is 18.3 Å². The molecule has 0 aromatic rings. The van der Waals surface area contributed by atoms with E-state index in [1.807, 2.05) is 6.08 Å². The van der Waals surface area contributed by atoms with Gasteiger partial charge in [0, 0.05) is 33.1 Å². The molecule has 0 N–H and O–H groups in total. The standard InChI is InChI=1S/C38H56O4/c1-4-38(42-37(3)40)34-32-30-28-26-24-22-20-18-16-14-12-10-8-6-5-7-9-11-13-15-17-19-21-23-25-27-29-31-33-35-41-36(2)39/h1,32,34,38H,7-26,28,30,35H2,2-3H3/b34-32+. The Morgan fingerprint density at radius 1 is 0.595 bits per heavy atom. The number of hydrogen-bond acceptors (Lipinski definition) is 4. The number of carbonyl (C=O) groups is 2. The average Bonchev–Trinajstić information content (AvgIpc) is 2.96. The maximum atomic E-state index is 10.9. The second-order valence-electron chi connectivity index (χ2n) is 10.8. The van der Waals surface area contributed by atoms with E-state index in [2.05, 4.69) is 41.4 Å². The molecule has 0 spiro atoms. The highest BCUT2D eigenvalue weighted by Crippen LogP contribution is 2.13. The van der Waals surface area contributed by atoms with Gasteiger partial charge in [0.05, 0.1) is 0 Å². The van der Waals surface area contributed by atoms with Gasteiger partial charge in [-0.1, -0.05) is 108 Å². The molecule has 0 aromatic carbocycles.